The number of carbonyl (C=O) groups is 1. The lowest BCUT2D eigenvalue weighted by Gasteiger charge is -2.08. The number of halogens is 2. The lowest BCUT2D eigenvalue weighted by atomic mass is 10.1. The third kappa shape index (κ3) is 5.70. The molecule has 0 atom stereocenters. The summed E-state index contributed by atoms with van der Waals surface area (Å²) in [6.07, 6.45) is 1.52. The quantitative estimate of drug-likeness (QED) is 0.774. The average Bonchev–Trinajstić information content (AvgIpc) is 2.49. The molecule has 0 aromatic heterocycles. The van der Waals surface area contributed by atoms with Crippen molar-refractivity contribution in [2.75, 3.05) is 13.1 Å². The van der Waals surface area contributed by atoms with Crippen LogP contribution in [-0.2, 0) is 12.8 Å². The molecular weight excluding hydrogens is 364 g/mol. The smallest absolute Gasteiger partial charge is 0.314 e. The van der Waals surface area contributed by atoms with Crippen molar-refractivity contribution in [3.8, 4) is 0 Å². The van der Waals surface area contributed by atoms with E-state index in [-0.39, 0.29) is 6.03 Å². The Kier molecular flexibility index (Phi) is 6.74. The van der Waals surface area contributed by atoms with E-state index in [1.54, 1.807) is 0 Å². The molecule has 0 bridgehead atoms. The minimum absolute atomic E-state index is 0.151. The van der Waals surface area contributed by atoms with Gasteiger partial charge >= 0.3 is 6.03 Å². The van der Waals surface area contributed by atoms with Crippen molar-refractivity contribution in [2.45, 2.75) is 12.8 Å². The van der Waals surface area contributed by atoms with Gasteiger partial charge in [0, 0.05) is 22.6 Å². The van der Waals surface area contributed by atoms with Gasteiger partial charge in [-0.05, 0) is 42.2 Å². The molecule has 0 aliphatic carbocycles. The number of rotatable bonds is 6. The van der Waals surface area contributed by atoms with Gasteiger partial charge in [0.25, 0.3) is 0 Å². The second-order valence-corrected chi connectivity index (χ2v) is 6.23. The molecule has 2 aromatic carbocycles. The summed E-state index contributed by atoms with van der Waals surface area (Å²) < 4.78 is 1.05. The highest BCUT2D eigenvalue weighted by Gasteiger charge is 2.02. The van der Waals surface area contributed by atoms with Gasteiger partial charge < -0.3 is 10.6 Å². The topological polar surface area (TPSA) is 41.1 Å². The van der Waals surface area contributed by atoms with Gasteiger partial charge in [-0.1, -0.05) is 57.9 Å². The summed E-state index contributed by atoms with van der Waals surface area (Å²) in [6, 6.07) is 15.6. The summed E-state index contributed by atoms with van der Waals surface area (Å²) in [4.78, 5) is 11.7. The van der Waals surface area contributed by atoms with Gasteiger partial charge in [0.1, 0.15) is 0 Å². The van der Waals surface area contributed by atoms with E-state index in [9.17, 15) is 4.79 Å². The predicted octanol–water partition coefficient (Wildman–Crippen LogP) is 4.19. The molecule has 2 aromatic rings. The third-order valence-electron chi connectivity index (χ3n) is 3.23. The van der Waals surface area contributed by atoms with E-state index in [0.29, 0.717) is 13.1 Å². The monoisotopic (exact) mass is 380 g/mol. The Bertz CT molecular complexity index is 634. The van der Waals surface area contributed by atoms with E-state index in [1.165, 1.54) is 5.56 Å². The maximum absolute atomic E-state index is 11.7. The maximum Gasteiger partial charge on any atom is 0.314 e. The second kappa shape index (κ2) is 8.81. The molecule has 2 amide bonds. The van der Waals surface area contributed by atoms with Crippen LogP contribution in [0.4, 0.5) is 4.79 Å². The Morgan fingerprint density at radius 2 is 1.73 bits per heavy atom. The number of hydrogen-bond donors (Lipinski definition) is 2. The number of hydrogen-bond acceptors (Lipinski definition) is 1. The minimum Gasteiger partial charge on any atom is -0.338 e. The Hall–Kier alpha value is -1.52. The Balaban J connectivity index is 1.65. The zero-order valence-electron chi connectivity index (χ0n) is 12.1. The van der Waals surface area contributed by atoms with Crippen LogP contribution >= 0.6 is 27.5 Å². The van der Waals surface area contributed by atoms with Crippen LogP contribution in [0.2, 0.25) is 5.02 Å². The summed E-state index contributed by atoms with van der Waals surface area (Å²) in [5.74, 6) is 0. The summed E-state index contributed by atoms with van der Waals surface area (Å²) in [7, 11) is 0. The molecule has 116 valence electrons. The highest BCUT2D eigenvalue weighted by atomic mass is 79.9. The predicted molar refractivity (Wildman–Crippen MR) is 94.4 cm³/mol. The number of carbonyl (C=O) groups excluding carboxylic acids is 1. The number of benzene rings is 2. The summed E-state index contributed by atoms with van der Waals surface area (Å²) in [5, 5.41) is 6.43. The fourth-order valence-corrected chi connectivity index (χ4v) is 2.76. The first-order valence-electron chi connectivity index (χ1n) is 7.15. The van der Waals surface area contributed by atoms with E-state index < -0.39 is 0 Å². The van der Waals surface area contributed by atoms with Gasteiger partial charge in [-0.2, -0.15) is 0 Å². The fourth-order valence-electron chi connectivity index (χ4n) is 2.09. The first kappa shape index (κ1) is 16.8. The zero-order chi connectivity index (χ0) is 15.8. The SMILES string of the molecule is O=C(NCCc1cccc(Br)c1)NCCc1ccccc1Cl. The molecule has 0 saturated heterocycles. The molecule has 3 nitrogen and oxygen atoms in total. The van der Waals surface area contributed by atoms with Crippen molar-refractivity contribution < 1.29 is 4.79 Å². The van der Waals surface area contributed by atoms with Crippen molar-refractivity contribution in [1.82, 2.24) is 10.6 Å². The van der Waals surface area contributed by atoms with Gasteiger partial charge in [-0.15, -0.1) is 0 Å². The average molecular weight is 382 g/mol. The fraction of sp³-hybridized carbons (Fsp3) is 0.235. The summed E-state index contributed by atoms with van der Waals surface area (Å²) in [6.45, 7) is 1.17. The lowest BCUT2D eigenvalue weighted by Crippen LogP contribution is -2.37. The van der Waals surface area contributed by atoms with E-state index in [0.717, 1.165) is 27.9 Å². The highest BCUT2D eigenvalue weighted by molar-refractivity contribution is 9.10. The van der Waals surface area contributed by atoms with Crippen molar-refractivity contribution in [3.63, 3.8) is 0 Å². The molecule has 0 unspecified atom stereocenters. The van der Waals surface area contributed by atoms with E-state index in [1.807, 2.05) is 42.5 Å². The van der Waals surface area contributed by atoms with Gasteiger partial charge in [0.05, 0.1) is 0 Å². The van der Waals surface area contributed by atoms with Crippen molar-refractivity contribution in [1.29, 1.82) is 0 Å². The normalized spacial score (nSPS) is 10.3. The Morgan fingerprint density at radius 3 is 2.45 bits per heavy atom. The molecule has 0 saturated carbocycles. The van der Waals surface area contributed by atoms with Crippen molar-refractivity contribution in [3.05, 3.63) is 69.2 Å². The minimum atomic E-state index is -0.151. The van der Waals surface area contributed by atoms with Crippen molar-refractivity contribution >= 4 is 33.6 Å². The molecule has 22 heavy (non-hydrogen) atoms. The summed E-state index contributed by atoms with van der Waals surface area (Å²) in [5.41, 5.74) is 2.23. The standard InChI is InChI=1S/C17H18BrClN2O/c18-15-6-3-4-13(12-15)8-10-20-17(22)21-11-9-14-5-1-2-7-16(14)19/h1-7,12H,8-11H2,(H2,20,21,22). The van der Waals surface area contributed by atoms with Crippen LogP contribution < -0.4 is 10.6 Å². The van der Waals surface area contributed by atoms with E-state index in [2.05, 4.69) is 32.6 Å². The number of urea groups is 1. The van der Waals surface area contributed by atoms with Gasteiger partial charge in [-0.3, -0.25) is 0 Å². The molecule has 5 heteroatoms. The number of amides is 2. The van der Waals surface area contributed by atoms with Gasteiger partial charge in [0.2, 0.25) is 0 Å². The molecule has 0 heterocycles. The second-order valence-electron chi connectivity index (χ2n) is 4.90. The van der Waals surface area contributed by atoms with Gasteiger partial charge in [-0.25, -0.2) is 4.79 Å². The number of nitrogens with one attached hydrogen (secondary N) is 2. The third-order valence-corrected chi connectivity index (χ3v) is 4.09. The van der Waals surface area contributed by atoms with Crippen LogP contribution in [0, 0.1) is 0 Å². The van der Waals surface area contributed by atoms with E-state index in [4.69, 9.17) is 11.6 Å². The highest BCUT2D eigenvalue weighted by Crippen LogP contribution is 2.14. The van der Waals surface area contributed by atoms with Crippen LogP contribution in [0.1, 0.15) is 11.1 Å². The molecular formula is C17H18BrClN2O. The van der Waals surface area contributed by atoms with Crippen LogP contribution in [0.5, 0.6) is 0 Å². The first-order chi connectivity index (χ1) is 10.6. The van der Waals surface area contributed by atoms with Crippen LogP contribution in [-0.4, -0.2) is 19.1 Å². The molecule has 0 radical (unpaired) electrons. The lowest BCUT2D eigenvalue weighted by molar-refractivity contribution is 0.241. The Labute approximate surface area is 144 Å². The van der Waals surface area contributed by atoms with Crippen LogP contribution in [0.25, 0.3) is 0 Å². The van der Waals surface area contributed by atoms with E-state index >= 15 is 0 Å². The summed E-state index contributed by atoms with van der Waals surface area (Å²) >= 11 is 9.51. The molecule has 0 fully saturated rings. The largest absolute Gasteiger partial charge is 0.338 e. The first-order valence-corrected chi connectivity index (χ1v) is 8.32. The molecule has 2 N–H and O–H groups in total. The Morgan fingerprint density at radius 1 is 1.00 bits per heavy atom. The van der Waals surface area contributed by atoms with Crippen LogP contribution in [0.15, 0.2) is 53.0 Å². The molecule has 0 spiro atoms. The maximum atomic E-state index is 11.7. The van der Waals surface area contributed by atoms with Gasteiger partial charge in [0.15, 0.2) is 0 Å². The molecule has 0 aliphatic rings. The molecule has 2 rings (SSSR count). The molecule has 0 aliphatic heterocycles. The van der Waals surface area contributed by atoms with Crippen LogP contribution in [0.3, 0.4) is 0 Å². The zero-order valence-corrected chi connectivity index (χ0v) is 14.5. The van der Waals surface area contributed by atoms with Crippen molar-refractivity contribution in [2.24, 2.45) is 0 Å².